The molecule has 0 aliphatic carbocycles. The molecule has 5 rings (SSSR count). The number of nitro benzene ring substituents is 2. The number of nitro groups is 2. The van der Waals surface area contributed by atoms with Crippen molar-refractivity contribution in [2.75, 3.05) is 4.90 Å². The first-order valence-electron chi connectivity index (χ1n) is 12.1. The average Bonchev–Trinajstić information content (AvgIpc) is 2.95. The number of fused-ring (bicyclic) bond motifs is 1. The summed E-state index contributed by atoms with van der Waals surface area (Å²) in [6.45, 7) is 1.79. The minimum Gasteiger partial charge on any atom is -0.277 e. The highest BCUT2D eigenvalue weighted by Gasteiger charge is 2.43. The van der Waals surface area contributed by atoms with E-state index in [0.717, 1.165) is 21.2 Å². The molecule has 0 spiro atoms. The molecule has 198 valence electrons. The van der Waals surface area contributed by atoms with Crippen LogP contribution in [0.4, 0.5) is 17.1 Å². The Kier molecular flexibility index (Phi) is 6.89. The van der Waals surface area contributed by atoms with Crippen LogP contribution >= 0.6 is 12.2 Å². The van der Waals surface area contributed by atoms with E-state index in [2.05, 4.69) is 0 Å². The number of thiocarbonyl (C=S) groups is 1. The van der Waals surface area contributed by atoms with E-state index in [1.807, 2.05) is 42.5 Å². The Bertz CT molecular complexity index is 1750. The van der Waals surface area contributed by atoms with Gasteiger partial charge in [-0.05, 0) is 59.2 Å². The number of anilines is 1. The van der Waals surface area contributed by atoms with Crippen LogP contribution in [0, 0.1) is 20.2 Å². The molecule has 1 atom stereocenters. The molecule has 0 radical (unpaired) electrons. The highest BCUT2D eigenvalue weighted by Crippen LogP contribution is 2.35. The third-order valence-corrected chi connectivity index (χ3v) is 7.03. The van der Waals surface area contributed by atoms with E-state index in [1.54, 1.807) is 13.0 Å². The van der Waals surface area contributed by atoms with Gasteiger partial charge in [-0.2, -0.15) is 0 Å². The number of non-ortho nitro benzene ring substituents is 2. The first-order chi connectivity index (χ1) is 19.2. The molecule has 1 unspecified atom stereocenters. The fraction of sp³-hybridized carbons (Fsp3) is 0.0690. The van der Waals surface area contributed by atoms with Gasteiger partial charge in [-0.1, -0.05) is 54.6 Å². The first-order valence-corrected chi connectivity index (χ1v) is 12.5. The van der Waals surface area contributed by atoms with Crippen LogP contribution in [0.15, 0.2) is 96.6 Å². The number of hydrogen-bond donors (Lipinski definition) is 0. The molecule has 11 heteroatoms. The summed E-state index contributed by atoms with van der Waals surface area (Å²) < 4.78 is 0. The van der Waals surface area contributed by atoms with Crippen molar-refractivity contribution in [3.63, 3.8) is 0 Å². The van der Waals surface area contributed by atoms with Gasteiger partial charge in [0.25, 0.3) is 23.2 Å². The predicted octanol–water partition coefficient (Wildman–Crippen LogP) is 5.96. The molecular weight excluding hydrogens is 532 g/mol. The molecule has 0 saturated carbocycles. The Labute approximate surface area is 233 Å². The fourth-order valence-corrected chi connectivity index (χ4v) is 5.12. The molecule has 1 heterocycles. The summed E-state index contributed by atoms with van der Waals surface area (Å²) in [5.74, 6) is -1.42. The smallest absolute Gasteiger partial charge is 0.270 e. The maximum absolute atomic E-state index is 13.9. The van der Waals surface area contributed by atoms with Crippen LogP contribution in [-0.2, 0) is 9.59 Å². The van der Waals surface area contributed by atoms with Crippen molar-refractivity contribution in [3.8, 4) is 0 Å². The minimum atomic E-state index is -0.753. The fourth-order valence-electron chi connectivity index (χ4n) is 4.69. The summed E-state index contributed by atoms with van der Waals surface area (Å²) in [4.78, 5) is 51.5. The Morgan fingerprint density at radius 1 is 0.800 bits per heavy atom. The van der Waals surface area contributed by atoms with Crippen LogP contribution in [-0.4, -0.2) is 31.7 Å². The van der Waals surface area contributed by atoms with Crippen LogP contribution < -0.4 is 4.90 Å². The second-order valence-electron chi connectivity index (χ2n) is 9.03. The third kappa shape index (κ3) is 4.69. The van der Waals surface area contributed by atoms with Crippen LogP contribution in [0.3, 0.4) is 0 Å². The van der Waals surface area contributed by atoms with Crippen molar-refractivity contribution in [2.24, 2.45) is 0 Å². The summed E-state index contributed by atoms with van der Waals surface area (Å²) in [5, 5.41) is 24.2. The molecule has 0 aromatic heterocycles. The first kappa shape index (κ1) is 26.3. The summed E-state index contributed by atoms with van der Waals surface area (Å²) in [5.41, 5.74) is 0.659. The Hall–Kier alpha value is -5.29. The summed E-state index contributed by atoms with van der Waals surface area (Å²) >= 11 is 5.70. The number of rotatable bonds is 6. The normalized spacial score (nSPS) is 15.5. The van der Waals surface area contributed by atoms with Gasteiger partial charge in [0.15, 0.2) is 5.11 Å². The molecule has 4 aromatic rings. The van der Waals surface area contributed by atoms with Crippen LogP contribution in [0.25, 0.3) is 16.8 Å². The third-order valence-electron chi connectivity index (χ3n) is 6.65. The number of carbonyl (C=O) groups excluding carboxylic acids is 2. The van der Waals surface area contributed by atoms with Gasteiger partial charge < -0.3 is 0 Å². The zero-order chi connectivity index (χ0) is 28.6. The molecule has 4 aromatic carbocycles. The number of benzene rings is 4. The monoisotopic (exact) mass is 552 g/mol. The van der Waals surface area contributed by atoms with E-state index >= 15 is 0 Å². The lowest BCUT2D eigenvalue weighted by atomic mass is 9.97. The molecule has 1 saturated heterocycles. The Morgan fingerprint density at radius 3 is 2.15 bits per heavy atom. The van der Waals surface area contributed by atoms with E-state index in [4.69, 9.17) is 12.2 Å². The standard InChI is InChI=1S/C29H20N4O6S/c1-18(24-11-5-8-20-7-2-3-10-25(20)24)30-27(34)26(17-19-6-4-9-23(16-19)33(38)39)28(35)31(29(30)40)21-12-14-22(15-13-21)32(36)37/h2-18H,1H3/b26-17+. The van der Waals surface area contributed by atoms with Crippen molar-refractivity contribution in [3.05, 3.63) is 128 Å². The van der Waals surface area contributed by atoms with E-state index in [9.17, 15) is 29.8 Å². The Balaban J connectivity index is 1.66. The van der Waals surface area contributed by atoms with Gasteiger partial charge in [-0.25, -0.2) is 0 Å². The average molecular weight is 553 g/mol. The molecule has 0 N–H and O–H groups in total. The SMILES string of the molecule is CC(c1cccc2ccccc12)N1C(=O)/C(=C\c2cccc([N+](=O)[O-])c2)C(=O)N(c2ccc([N+](=O)[O-])cc2)C1=S. The second-order valence-corrected chi connectivity index (χ2v) is 9.39. The zero-order valence-electron chi connectivity index (χ0n) is 21.0. The van der Waals surface area contributed by atoms with Crippen LogP contribution in [0.1, 0.15) is 24.1 Å². The molecule has 0 bridgehead atoms. The summed E-state index contributed by atoms with van der Waals surface area (Å²) in [6, 6.07) is 23.5. The van der Waals surface area contributed by atoms with E-state index in [0.29, 0.717) is 0 Å². The minimum absolute atomic E-state index is 0.0968. The van der Waals surface area contributed by atoms with Crippen molar-refractivity contribution >= 4 is 63.1 Å². The second kappa shape index (κ2) is 10.5. The molecule has 40 heavy (non-hydrogen) atoms. The van der Waals surface area contributed by atoms with E-state index in [-0.39, 0.29) is 33.3 Å². The number of carbonyl (C=O) groups is 2. The van der Waals surface area contributed by atoms with Crippen LogP contribution in [0.2, 0.25) is 0 Å². The van der Waals surface area contributed by atoms with E-state index in [1.165, 1.54) is 53.4 Å². The van der Waals surface area contributed by atoms with Crippen molar-refractivity contribution in [1.82, 2.24) is 4.90 Å². The maximum Gasteiger partial charge on any atom is 0.270 e. The van der Waals surface area contributed by atoms with Gasteiger partial charge in [-0.15, -0.1) is 0 Å². The highest BCUT2D eigenvalue weighted by atomic mass is 32.1. The lowest BCUT2D eigenvalue weighted by Gasteiger charge is -2.40. The van der Waals surface area contributed by atoms with Gasteiger partial charge in [0.1, 0.15) is 5.57 Å². The molecule has 1 fully saturated rings. The lowest BCUT2D eigenvalue weighted by molar-refractivity contribution is -0.385. The molecule has 10 nitrogen and oxygen atoms in total. The summed E-state index contributed by atoms with van der Waals surface area (Å²) in [7, 11) is 0. The van der Waals surface area contributed by atoms with Gasteiger partial charge in [0.2, 0.25) is 0 Å². The van der Waals surface area contributed by atoms with Crippen molar-refractivity contribution in [2.45, 2.75) is 13.0 Å². The quantitative estimate of drug-likeness (QED) is 0.0949. The van der Waals surface area contributed by atoms with E-state index < -0.39 is 27.7 Å². The predicted molar refractivity (Wildman–Crippen MR) is 153 cm³/mol. The Morgan fingerprint density at radius 2 is 1.45 bits per heavy atom. The van der Waals surface area contributed by atoms with Crippen molar-refractivity contribution in [1.29, 1.82) is 0 Å². The molecule has 1 aliphatic heterocycles. The van der Waals surface area contributed by atoms with Crippen LogP contribution in [0.5, 0.6) is 0 Å². The largest absolute Gasteiger partial charge is 0.277 e. The number of hydrogen-bond acceptors (Lipinski definition) is 7. The van der Waals surface area contributed by atoms with Gasteiger partial charge in [-0.3, -0.25) is 39.6 Å². The molecule has 1 aliphatic rings. The zero-order valence-corrected chi connectivity index (χ0v) is 21.8. The van der Waals surface area contributed by atoms with Gasteiger partial charge >= 0.3 is 0 Å². The molecule has 2 amide bonds. The number of nitrogens with zero attached hydrogens (tertiary/aromatic N) is 4. The van der Waals surface area contributed by atoms with Gasteiger partial charge in [0.05, 0.1) is 21.6 Å². The summed E-state index contributed by atoms with van der Waals surface area (Å²) in [6.07, 6.45) is 1.29. The maximum atomic E-state index is 13.9. The van der Waals surface area contributed by atoms with Gasteiger partial charge in [0, 0.05) is 24.3 Å². The highest BCUT2D eigenvalue weighted by molar-refractivity contribution is 7.80. The topological polar surface area (TPSA) is 127 Å². The molecular formula is C29H20N4O6S. The van der Waals surface area contributed by atoms with Crippen molar-refractivity contribution < 1.29 is 19.4 Å². The number of amides is 2. The lowest BCUT2D eigenvalue weighted by Crippen LogP contribution is -2.57.